The topological polar surface area (TPSA) is 230 Å². The number of anilines is 1. The third-order valence-electron chi connectivity index (χ3n) is 5.39. The van der Waals surface area contributed by atoms with Crippen molar-refractivity contribution in [2.75, 3.05) is 26.0 Å². The fourth-order valence-electron chi connectivity index (χ4n) is 3.21. The summed E-state index contributed by atoms with van der Waals surface area (Å²) in [5.74, 6) is -2.63. The van der Waals surface area contributed by atoms with Crippen LogP contribution in [0.3, 0.4) is 0 Å². The molecule has 0 heterocycles. The van der Waals surface area contributed by atoms with Gasteiger partial charge in [-0.25, -0.2) is 9.69 Å². The van der Waals surface area contributed by atoms with E-state index >= 15 is 0 Å². The number of imide groups is 1. The van der Waals surface area contributed by atoms with Gasteiger partial charge in [-0.2, -0.15) is 0 Å². The maximum absolute atomic E-state index is 12.5. The average molecular weight is 522 g/mol. The van der Waals surface area contributed by atoms with Gasteiger partial charge in [-0.1, -0.05) is 12.1 Å². The summed E-state index contributed by atoms with van der Waals surface area (Å²) in [5.41, 5.74) is 13.1. The van der Waals surface area contributed by atoms with Gasteiger partial charge in [0.15, 0.2) is 5.96 Å². The number of benzene rings is 1. The van der Waals surface area contributed by atoms with Gasteiger partial charge in [0.25, 0.3) is 5.91 Å². The second kappa shape index (κ2) is 15.0. The van der Waals surface area contributed by atoms with Crippen molar-refractivity contribution in [2.45, 2.75) is 51.1 Å². The third-order valence-corrected chi connectivity index (χ3v) is 5.39. The lowest BCUT2D eigenvalue weighted by molar-refractivity contribution is -0.141. The molecule has 0 aliphatic carbocycles. The smallest absolute Gasteiger partial charge is 0.413 e. The molecule has 0 aromatic heterocycles. The van der Waals surface area contributed by atoms with Crippen LogP contribution in [0.25, 0.3) is 0 Å². The fraction of sp³-hybridized carbons (Fsp3) is 0.478. The van der Waals surface area contributed by atoms with E-state index in [-0.39, 0.29) is 38.2 Å². The van der Waals surface area contributed by atoms with E-state index in [4.69, 9.17) is 22.0 Å². The van der Waals surface area contributed by atoms with Crippen molar-refractivity contribution in [3.05, 3.63) is 29.3 Å². The number of guanidine groups is 1. The predicted molar refractivity (Wildman–Crippen MR) is 134 cm³/mol. The Bertz CT molecular complexity index is 1020. The van der Waals surface area contributed by atoms with Crippen LogP contribution < -0.4 is 27.4 Å². The number of carboxylic acid groups (broad SMARTS) is 1. The number of carbonyl (C=O) groups excluding carboxylic acids is 4. The number of aryl methyl sites for hydroxylation is 1. The molecule has 14 nitrogen and oxygen atoms in total. The Kier molecular flexibility index (Phi) is 12.5. The van der Waals surface area contributed by atoms with E-state index < -0.39 is 41.9 Å². The van der Waals surface area contributed by atoms with Crippen LogP contribution in [0, 0.1) is 12.3 Å². The van der Waals surface area contributed by atoms with Crippen LogP contribution in [0.5, 0.6) is 0 Å². The van der Waals surface area contributed by atoms with Crippen molar-refractivity contribution < 1.29 is 33.8 Å². The summed E-state index contributed by atoms with van der Waals surface area (Å²) in [5, 5.41) is 24.0. The first-order valence-corrected chi connectivity index (χ1v) is 11.5. The van der Waals surface area contributed by atoms with E-state index in [9.17, 15) is 24.0 Å². The number of nitrogens with one attached hydrogen (secondary N) is 4. The Balaban J connectivity index is 2.74. The molecule has 0 bridgehead atoms. The maximum atomic E-state index is 12.5. The van der Waals surface area contributed by atoms with E-state index in [1.807, 2.05) is 0 Å². The summed E-state index contributed by atoms with van der Waals surface area (Å²) in [6.45, 7) is 2.02. The zero-order valence-corrected chi connectivity index (χ0v) is 21.1. The van der Waals surface area contributed by atoms with Crippen molar-refractivity contribution in [3.63, 3.8) is 0 Å². The van der Waals surface area contributed by atoms with E-state index in [0.29, 0.717) is 22.6 Å². The first-order chi connectivity index (χ1) is 17.3. The first kappa shape index (κ1) is 30.8. The number of methoxy groups -OCH3 is 1. The molecule has 0 radical (unpaired) electrons. The molecule has 2 atom stereocenters. The molecule has 4 amide bonds. The number of carbonyl (C=O) groups is 5. The van der Waals surface area contributed by atoms with Gasteiger partial charge in [-0.15, -0.1) is 0 Å². The van der Waals surface area contributed by atoms with Crippen molar-refractivity contribution in [2.24, 2.45) is 11.5 Å². The van der Waals surface area contributed by atoms with E-state index in [1.54, 1.807) is 25.1 Å². The van der Waals surface area contributed by atoms with Gasteiger partial charge in [0.05, 0.1) is 13.5 Å². The summed E-state index contributed by atoms with van der Waals surface area (Å²) in [7, 11) is 2.33. The summed E-state index contributed by atoms with van der Waals surface area (Å²) in [6, 6.07) is 3.36. The van der Waals surface area contributed by atoms with Gasteiger partial charge in [-0.05, 0) is 37.0 Å². The number of hydrogen-bond acceptors (Lipinski definition) is 8. The number of esters is 1. The summed E-state index contributed by atoms with van der Waals surface area (Å²) >= 11 is 0. The zero-order chi connectivity index (χ0) is 28.1. The van der Waals surface area contributed by atoms with Gasteiger partial charge >= 0.3 is 12.1 Å². The van der Waals surface area contributed by atoms with Crippen LogP contribution >= 0.6 is 0 Å². The van der Waals surface area contributed by atoms with Crippen LogP contribution in [0.4, 0.5) is 10.5 Å². The third kappa shape index (κ3) is 10.9. The molecule has 0 saturated heterocycles. The molecule has 0 unspecified atom stereocenters. The van der Waals surface area contributed by atoms with Crippen LogP contribution in [0.1, 0.15) is 49.3 Å². The Morgan fingerprint density at radius 3 is 2.41 bits per heavy atom. The molecule has 1 rings (SSSR count). The summed E-state index contributed by atoms with van der Waals surface area (Å²) in [4.78, 5) is 60.5. The highest BCUT2D eigenvalue weighted by atomic mass is 16.5. The van der Waals surface area contributed by atoms with E-state index in [0.717, 1.165) is 12.6 Å². The molecule has 1 aromatic carbocycles. The Morgan fingerprint density at radius 1 is 1.16 bits per heavy atom. The molecule has 1 aromatic rings. The summed E-state index contributed by atoms with van der Waals surface area (Å²) in [6.07, 6.45) is -1.56. The normalized spacial score (nSPS) is 12.0. The molecule has 37 heavy (non-hydrogen) atoms. The fourth-order valence-corrected chi connectivity index (χ4v) is 3.21. The molecule has 0 spiro atoms. The lowest BCUT2D eigenvalue weighted by Gasteiger charge is -2.21. The molecular weight excluding hydrogens is 486 g/mol. The first-order valence-electron chi connectivity index (χ1n) is 11.5. The predicted octanol–water partition coefficient (Wildman–Crippen LogP) is 0.161. The quantitative estimate of drug-likeness (QED) is 0.0804. The lowest BCUT2D eigenvalue weighted by Crippen LogP contribution is -2.49. The second-order valence-corrected chi connectivity index (χ2v) is 8.29. The van der Waals surface area contributed by atoms with Crippen molar-refractivity contribution in [3.8, 4) is 0 Å². The molecular formula is C23H35N7O7. The van der Waals surface area contributed by atoms with Crippen molar-refractivity contribution in [1.29, 1.82) is 5.41 Å². The van der Waals surface area contributed by atoms with Crippen LogP contribution in [0.2, 0.25) is 0 Å². The van der Waals surface area contributed by atoms with E-state index in [2.05, 4.69) is 20.7 Å². The molecule has 0 saturated carbocycles. The molecule has 0 fully saturated rings. The number of nitrogens with zero attached hydrogens (tertiary/aromatic N) is 1. The molecule has 0 aliphatic heterocycles. The van der Waals surface area contributed by atoms with Crippen molar-refractivity contribution in [1.82, 2.24) is 15.5 Å². The minimum Gasteiger partial charge on any atom is -0.469 e. The Hall–Kier alpha value is -4.20. The molecule has 204 valence electrons. The van der Waals surface area contributed by atoms with Gasteiger partial charge in [0.1, 0.15) is 6.04 Å². The monoisotopic (exact) mass is 521 g/mol. The van der Waals surface area contributed by atoms with Crippen LogP contribution in [-0.4, -0.2) is 72.5 Å². The average Bonchev–Trinajstić information content (AvgIpc) is 2.84. The SMILES string of the molecule is COC(=O)C[C@H](N)c1ccc(C)c(NC(=O)CCC(=O)N[C@@H](CCCNC(=N)N)C(=O)N(C)C(=O)O)c1. The van der Waals surface area contributed by atoms with Crippen LogP contribution in [0.15, 0.2) is 18.2 Å². The van der Waals surface area contributed by atoms with Crippen molar-refractivity contribution >= 4 is 41.4 Å². The Labute approximate surface area is 214 Å². The van der Waals surface area contributed by atoms with Crippen LogP contribution in [-0.2, 0) is 23.9 Å². The van der Waals surface area contributed by atoms with Gasteiger partial charge in [0.2, 0.25) is 11.8 Å². The molecule has 0 aliphatic rings. The highest BCUT2D eigenvalue weighted by Crippen LogP contribution is 2.22. The Morgan fingerprint density at radius 2 is 1.81 bits per heavy atom. The van der Waals surface area contributed by atoms with Gasteiger partial charge in [-0.3, -0.25) is 24.6 Å². The number of hydrogen-bond donors (Lipinski definition) is 7. The zero-order valence-electron chi connectivity index (χ0n) is 21.1. The standard InChI is InChI=1S/C23H35N7O7/c1-13-6-7-14(15(24)12-20(33)37-3)11-17(13)29-19(32)9-8-18(31)28-16(5-4-10-27-22(25)26)21(34)30(2)23(35)36/h6-7,11,15-16H,4-5,8-10,12,24H2,1-3H3,(H,28,31)(H,29,32)(H,35,36)(H4,25,26,27)/t15-,16-/m0/s1. The largest absolute Gasteiger partial charge is 0.469 e. The maximum Gasteiger partial charge on any atom is 0.413 e. The number of ether oxygens (including phenoxy) is 1. The minimum atomic E-state index is -1.48. The van der Waals surface area contributed by atoms with E-state index in [1.165, 1.54) is 7.11 Å². The summed E-state index contributed by atoms with van der Waals surface area (Å²) < 4.78 is 4.62. The van der Waals surface area contributed by atoms with Gasteiger partial charge < -0.3 is 37.3 Å². The number of nitrogens with two attached hydrogens (primary N) is 2. The van der Waals surface area contributed by atoms with Gasteiger partial charge in [0, 0.05) is 38.2 Å². The number of likely N-dealkylation sites (N-methyl/N-ethyl adjacent to an activating group) is 1. The number of amides is 4. The molecule has 14 heteroatoms. The number of rotatable bonds is 13. The highest BCUT2D eigenvalue weighted by molar-refractivity contribution is 5.97. The minimum absolute atomic E-state index is 0.0329. The molecule has 9 N–H and O–H groups in total. The second-order valence-electron chi connectivity index (χ2n) is 8.29. The lowest BCUT2D eigenvalue weighted by atomic mass is 10.0. The highest BCUT2D eigenvalue weighted by Gasteiger charge is 2.27.